The maximum Gasteiger partial charge on any atom is 0.0477 e. The Balaban J connectivity index is 2.00. The summed E-state index contributed by atoms with van der Waals surface area (Å²) in [6.45, 7) is 0. The predicted octanol–water partition coefficient (Wildman–Crippen LogP) is 1.31. The lowest BCUT2D eigenvalue weighted by atomic mass is 9.49. The lowest BCUT2D eigenvalue weighted by molar-refractivity contribution is -0.326. The molecule has 4 rings (SSSR count). The van der Waals surface area contributed by atoms with E-state index >= 15 is 0 Å². The number of aliphatic carboxylic acids is 1. The lowest BCUT2D eigenvalue weighted by Gasteiger charge is -2.60. The number of carboxylic acids is 1. The van der Waals surface area contributed by atoms with Gasteiger partial charge >= 0.3 is 0 Å². The molecule has 78 valence electrons. The first-order chi connectivity index (χ1) is 6.51. The predicted molar refractivity (Wildman–Crippen MR) is 50.7 cm³/mol. The Morgan fingerprint density at radius 1 is 1.21 bits per heavy atom. The first-order valence-corrected chi connectivity index (χ1v) is 5.80. The van der Waals surface area contributed by atoms with Crippen molar-refractivity contribution in [1.29, 1.82) is 0 Å². The SMILES string of the molecule is O=C([O-])C12C[C@H]3C[C@@H](CC(Cl)(C3)C1)C2. The molecule has 14 heavy (non-hydrogen) atoms. The second kappa shape index (κ2) is 2.46. The lowest BCUT2D eigenvalue weighted by Crippen LogP contribution is -2.59. The van der Waals surface area contributed by atoms with Gasteiger partial charge in [-0.2, -0.15) is 0 Å². The molecule has 4 aliphatic carbocycles. The van der Waals surface area contributed by atoms with Gasteiger partial charge in [0.15, 0.2) is 0 Å². The maximum atomic E-state index is 11.2. The third-order valence-electron chi connectivity index (χ3n) is 4.42. The topological polar surface area (TPSA) is 40.1 Å². The molecule has 0 aromatic heterocycles. The van der Waals surface area contributed by atoms with Crippen LogP contribution >= 0.6 is 11.6 Å². The Bertz CT molecular complexity index is 286. The molecule has 0 aromatic carbocycles. The smallest absolute Gasteiger partial charge is 0.0477 e. The Hall–Kier alpha value is -0.240. The molecule has 0 aromatic rings. The van der Waals surface area contributed by atoms with Gasteiger partial charge in [0.25, 0.3) is 0 Å². The van der Waals surface area contributed by atoms with Crippen LogP contribution in [0.4, 0.5) is 0 Å². The molecule has 4 bridgehead atoms. The van der Waals surface area contributed by atoms with Gasteiger partial charge in [-0.25, -0.2) is 0 Å². The third kappa shape index (κ3) is 1.06. The van der Waals surface area contributed by atoms with Gasteiger partial charge < -0.3 is 9.90 Å². The second-order valence-corrected chi connectivity index (χ2v) is 6.48. The molecule has 0 spiro atoms. The fourth-order valence-corrected chi connectivity index (χ4v) is 5.08. The van der Waals surface area contributed by atoms with Crippen LogP contribution in [-0.2, 0) is 4.79 Å². The minimum Gasteiger partial charge on any atom is -0.550 e. The second-order valence-electron chi connectivity index (χ2n) is 5.68. The van der Waals surface area contributed by atoms with Crippen molar-refractivity contribution in [1.82, 2.24) is 0 Å². The van der Waals surface area contributed by atoms with Gasteiger partial charge in [0, 0.05) is 16.3 Å². The van der Waals surface area contributed by atoms with E-state index in [1.165, 1.54) is 6.42 Å². The van der Waals surface area contributed by atoms with E-state index in [0.29, 0.717) is 18.3 Å². The minimum absolute atomic E-state index is 0.204. The average molecular weight is 214 g/mol. The molecule has 4 saturated carbocycles. The fourth-order valence-electron chi connectivity index (χ4n) is 4.39. The number of alkyl halides is 1. The molecule has 2 atom stereocenters. The number of carbonyl (C=O) groups is 1. The number of rotatable bonds is 1. The highest BCUT2D eigenvalue weighted by Gasteiger charge is 2.57. The van der Waals surface area contributed by atoms with Crippen molar-refractivity contribution in [2.75, 3.05) is 0 Å². The zero-order valence-electron chi connectivity index (χ0n) is 8.09. The van der Waals surface area contributed by atoms with E-state index in [2.05, 4.69) is 0 Å². The van der Waals surface area contributed by atoms with Gasteiger partial charge in [-0.05, 0) is 50.4 Å². The summed E-state index contributed by atoms with van der Waals surface area (Å²) in [7, 11) is 0. The summed E-state index contributed by atoms with van der Waals surface area (Å²) < 4.78 is 0. The van der Waals surface area contributed by atoms with E-state index in [1.54, 1.807) is 0 Å². The molecule has 0 heterocycles. The number of hydrogen-bond acceptors (Lipinski definition) is 2. The van der Waals surface area contributed by atoms with E-state index in [1.807, 2.05) is 0 Å². The third-order valence-corrected chi connectivity index (χ3v) is 4.86. The van der Waals surface area contributed by atoms with Crippen LogP contribution < -0.4 is 5.11 Å². The highest BCUT2D eigenvalue weighted by Crippen LogP contribution is 2.63. The zero-order valence-corrected chi connectivity index (χ0v) is 8.85. The number of halogens is 1. The molecule has 2 nitrogen and oxygen atoms in total. The normalized spacial score (nSPS) is 54.9. The highest BCUT2D eigenvalue weighted by molar-refractivity contribution is 6.24. The summed E-state index contributed by atoms with van der Waals surface area (Å²) in [5.41, 5.74) is -0.564. The van der Waals surface area contributed by atoms with Gasteiger partial charge in [-0.15, -0.1) is 11.6 Å². The summed E-state index contributed by atoms with van der Waals surface area (Å²) in [6, 6.07) is 0. The van der Waals surface area contributed by atoms with Gasteiger partial charge in [0.2, 0.25) is 0 Å². The molecular formula is C11H14ClO2-. The van der Waals surface area contributed by atoms with E-state index in [0.717, 1.165) is 25.7 Å². The molecule has 0 amide bonds. The van der Waals surface area contributed by atoms with E-state index in [4.69, 9.17) is 11.6 Å². The summed E-state index contributed by atoms with van der Waals surface area (Å²) in [6.07, 6.45) is 5.54. The van der Waals surface area contributed by atoms with Crippen LogP contribution in [0.2, 0.25) is 0 Å². The first-order valence-electron chi connectivity index (χ1n) is 5.42. The fraction of sp³-hybridized carbons (Fsp3) is 0.909. The van der Waals surface area contributed by atoms with Crippen molar-refractivity contribution in [2.24, 2.45) is 17.3 Å². The maximum absolute atomic E-state index is 11.2. The molecule has 4 fully saturated rings. The van der Waals surface area contributed by atoms with Crippen molar-refractivity contribution in [3.63, 3.8) is 0 Å². The zero-order chi connectivity index (χ0) is 9.97. The molecule has 3 heteroatoms. The van der Waals surface area contributed by atoms with Crippen LogP contribution in [0, 0.1) is 17.3 Å². The monoisotopic (exact) mass is 213 g/mol. The highest BCUT2D eigenvalue weighted by atomic mass is 35.5. The summed E-state index contributed by atoms with van der Waals surface area (Å²) >= 11 is 6.47. The summed E-state index contributed by atoms with van der Waals surface area (Å²) in [5, 5.41) is 11.2. The van der Waals surface area contributed by atoms with E-state index in [9.17, 15) is 9.90 Å². The quantitative estimate of drug-likeness (QED) is 0.617. The number of carboxylic acid groups (broad SMARTS) is 1. The van der Waals surface area contributed by atoms with Crippen LogP contribution in [0.5, 0.6) is 0 Å². The molecule has 0 N–H and O–H groups in total. The Morgan fingerprint density at radius 3 is 2.21 bits per heavy atom. The summed E-state index contributed by atoms with van der Waals surface area (Å²) in [4.78, 5) is 11.0. The van der Waals surface area contributed by atoms with Crippen molar-refractivity contribution in [3.05, 3.63) is 0 Å². The van der Waals surface area contributed by atoms with Gasteiger partial charge in [0.1, 0.15) is 0 Å². The first kappa shape index (κ1) is 9.02. The van der Waals surface area contributed by atoms with Crippen molar-refractivity contribution in [3.8, 4) is 0 Å². The Labute approximate surface area is 88.6 Å². The van der Waals surface area contributed by atoms with Crippen LogP contribution in [0.25, 0.3) is 0 Å². The molecule has 0 unspecified atom stereocenters. The molecule has 0 saturated heterocycles. The Kier molecular flexibility index (Phi) is 1.59. The average Bonchev–Trinajstić information content (AvgIpc) is 1.98. The van der Waals surface area contributed by atoms with Crippen molar-refractivity contribution >= 4 is 17.6 Å². The van der Waals surface area contributed by atoms with Crippen molar-refractivity contribution in [2.45, 2.75) is 43.4 Å². The molecule has 4 aliphatic rings. The minimum atomic E-state index is -0.850. The molecule has 0 aliphatic heterocycles. The van der Waals surface area contributed by atoms with Crippen LogP contribution in [0.1, 0.15) is 38.5 Å². The molecular weight excluding hydrogens is 200 g/mol. The van der Waals surface area contributed by atoms with Crippen LogP contribution in [0.3, 0.4) is 0 Å². The van der Waals surface area contributed by atoms with Crippen LogP contribution in [0.15, 0.2) is 0 Å². The number of carbonyl (C=O) groups excluding carboxylic acids is 1. The van der Waals surface area contributed by atoms with Crippen molar-refractivity contribution < 1.29 is 9.90 Å². The largest absolute Gasteiger partial charge is 0.550 e. The standard InChI is InChI=1S/C11H15ClO2/c12-11-4-7-1-8(5-11)3-10(2-7,6-11)9(13)14/h7-8H,1-6H2,(H,13,14)/p-1/t7-,8-,10?,11?/m1/s1. The van der Waals surface area contributed by atoms with Crippen LogP contribution in [-0.4, -0.2) is 10.8 Å². The Morgan fingerprint density at radius 2 is 1.79 bits per heavy atom. The van der Waals surface area contributed by atoms with Gasteiger partial charge in [-0.3, -0.25) is 0 Å². The van der Waals surface area contributed by atoms with E-state index < -0.39 is 11.4 Å². The molecule has 0 radical (unpaired) electrons. The van der Waals surface area contributed by atoms with E-state index in [-0.39, 0.29) is 4.87 Å². The van der Waals surface area contributed by atoms with Gasteiger partial charge in [-0.1, -0.05) is 0 Å². The summed E-state index contributed by atoms with van der Waals surface area (Å²) in [5.74, 6) is 0.245. The number of hydrogen-bond donors (Lipinski definition) is 0. The van der Waals surface area contributed by atoms with Gasteiger partial charge in [0.05, 0.1) is 0 Å².